The summed E-state index contributed by atoms with van der Waals surface area (Å²) >= 11 is 6.11. The van der Waals surface area contributed by atoms with Crippen LogP contribution in [0.2, 0.25) is 5.02 Å². The fourth-order valence-electron chi connectivity index (χ4n) is 2.92. The first-order chi connectivity index (χ1) is 11.6. The first-order valence-corrected chi connectivity index (χ1v) is 8.52. The van der Waals surface area contributed by atoms with E-state index in [-0.39, 0.29) is 11.7 Å². The Balaban J connectivity index is 1.49. The normalized spacial score (nSPS) is 15.5. The highest BCUT2D eigenvalue weighted by Crippen LogP contribution is 2.18. The molecule has 0 saturated carbocycles. The lowest BCUT2D eigenvalue weighted by molar-refractivity contribution is 0.0638. The molecule has 24 heavy (non-hydrogen) atoms. The van der Waals surface area contributed by atoms with Crippen molar-refractivity contribution in [1.29, 1.82) is 0 Å². The molecule has 1 fully saturated rings. The Bertz CT molecular complexity index is 697. The summed E-state index contributed by atoms with van der Waals surface area (Å²) in [6, 6.07) is 13.8. The van der Waals surface area contributed by atoms with Gasteiger partial charge in [-0.1, -0.05) is 35.9 Å². The van der Waals surface area contributed by atoms with E-state index < -0.39 is 0 Å². The Hall–Kier alpha value is -1.91. The molecule has 0 aromatic heterocycles. The number of benzene rings is 2. The molecule has 3 rings (SSSR count). The van der Waals surface area contributed by atoms with Gasteiger partial charge in [-0.25, -0.2) is 4.39 Å². The molecule has 126 valence electrons. The Morgan fingerprint density at radius 1 is 1.00 bits per heavy atom. The van der Waals surface area contributed by atoms with Crippen molar-refractivity contribution < 1.29 is 9.18 Å². The molecule has 0 aliphatic carbocycles. The summed E-state index contributed by atoms with van der Waals surface area (Å²) in [4.78, 5) is 16.7. The summed E-state index contributed by atoms with van der Waals surface area (Å²) < 4.78 is 12.9. The molecule has 1 saturated heterocycles. The molecule has 0 atom stereocenters. The van der Waals surface area contributed by atoms with Gasteiger partial charge in [-0.2, -0.15) is 0 Å². The third kappa shape index (κ3) is 4.13. The Labute approximate surface area is 146 Å². The molecule has 5 heteroatoms. The molecule has 3 nitrogen and oxygen atoms in total. The molecular weight excluding hydrogens is 327 g/mol. The van der Waals surface area contributed by atoms with Crippen molar-refractivity contribution in [1.82, 2.24) is 9.80 Å². The van der Waals surface area contributed by atoms with Crippen LogP contribution in [0.25, 0.3) is 0 Å². The van der Waals surface area contributed by atoms with Gasteiger partial charge in [-0.3, -0.25) is 9.69 Å². The van der Waals surface area contributed by atoms with Gasteiger partial charge in [0.2, 0.25) is 0 Å². The number of carbonyl (C=O) groups excluding carboxylic acids is 1. The van der Waals surface area contributed by atoms with Crippen molar-refractivity contribution in [3.63, 3.8) is 0 Å². The molecule has 2 aromatic rings. The quantitative estimate of drug-likeness (QED) is 0.846. The van der Waals surface area contributed by atoms with Crippen LogP contribution in [0.1, 0.15) is 15.9 Å². The maximum atomic E-state index is 12.9. The van der Waals surface area contributed by atoms with Gasteiger partial charge in [0.05, 0.1) is 10.6 Å². The van der Waals surface area contributed by atoms with E-state index in [1.54, 1.807) is 12.1 Å². The summed E-state index contributed by atoms with van der Waals surface area (Å²) in [7, 11) is 0. The van der Waals surface area contributed by atoms with Crippen LogP contribution in [0, 0.1) is 5.82 Å². The Morgan fingerprint density at radius 2 is 1.67 bits per heavy atom. The fraction of sp³-hybridized carbons (Fsp3) is 0.316. The third-order valence-electron chi connectivity index (χ3n) is 4.39. The zero-order valence-electron chi connectivity index (χ0n) is 13.4. The Morgan fingerprint density at radius 3 is 2.33 bits per heavy atom. The predicted molar refractivity (Wildman–Crippen MR) is 93.9 cm³/mol. The first-order valence-electron chi connectivity index (χ1n) is 8.14. The largest absolute Gasteiger partial charge is 0.336 e. The minimum absolute atomic E-state index is 0.00113. The average Bonchev–Trinajstić information content (AvgIpc) is 2.61. The molecule has 0 spiro atoms. The number of amides is 1. The summed E-state index contributed by atoms with van der Waals surface area (Å²) in [5.41, 5.74) is 1.70. The highest BCUT2D eigenvalue weighted by atomic mass is 35.5. The van der Waals surface area contributed by atoms with Crippen LogP contribution in [-0.4, -0.2) is 48.4 Å². The minimum Gasteiger partial charge on any atom is -0.336 e. The third-order valence-corrected chi connectivity index (χ3v) is 4.72. The number of carbonyl (C=O) groups is 1. The fourth-order valence-corrected chi connectivity index (χ4v) is 3.13. The van der Waals surface area contributed by atoms with Gasteiger partial charge in [0.15, 0.2) is 0 Å². The lowest BCUT2D eigenvalue weighted by atomic mass is 10.1. The number of hydrogen-bond donors (Lipinski definition) is 0. The number of rotatable bonds is 4. The van der Waals surface area contributed by atoms with Crippen LogP contribution in [0.4, 0.5) is 4.39 Å². The van der Waals surface area contributed by atoms with Gasteiger partial charge in [0.25, 0.3) is 5.91 Å². The topological polar surface area (TPSA) is 23.6 Å². The number of nitrogens with zero attached hydrogens (tertiary/aromatic N) is 2. The second-order valence-electron chi connectivity index (χ2n) is 5.99. The van der Waals surface area contributed by atoms with Gasteiger partial charge < -0.3 is 4.90 Å². The number of hydrogen-bond acceptors (Lipinski definition) is 2. The average molecular weight is 347 g/mol. The van der Waals surface area contributed by atoms with Gasteiger partial charge in [0, 0.05) is 32.7 Å². The second-order valence-corrected chi connectivity index (χ2v) is 6.40. The van der Waals surface area contributed by atoms with Crippen LogP contribution in [0.15, 0.2) is 48.5 Å². The standard InChI is InChI=1S/C19H20ClFN2O/c20-18-4-2-1-3-17(18)19(24)23-13-11-22(12-14-23)10-9-15-5-7-16(21)8-6-15/h1-8H,9-14H2. The van der Waals surface area contributed by atoms with Crippen molar-refractivity contribution in [2.45, 2.75) is 6.42 Å². The lowest BCUT2D eigenvalue weighted by Gasteiger charge is -2.35. The van der Waals surface area contributed by atoms with E-state index >= 15 is 0 Å². The smallest absolute Gasteiger partial charge is 0.255 e. The Kier molecular flexibility index (Phi) is 5.48. The van der Waals surface area contributed by atoms with Crippen molar-refractivity contribution >= 4 is 17.5 Å². The minimum atomic E-state index is -0.203. The van der Waals surface area contributed by atoms with Crippen molar-refractivity contribution in [3.05, 3.63) is 70.5 Å². The predicted octanol–water partition coefficient (Wildman–Crippen LogP) is 3.48. The molecule has 0 unspecified atom stereocenters. The van der Waals surface area contributed by atoms with Crippen LogP contribution in [0.3, 0.4) is 0 Å². The molecule has 0 radical (unpaired) electrons. The molecule has 2 aromatic carbocycles. The van der Waals surface area contributed by atoms with E-state index in [0.29, 0.717) is 23.7 Å². The van der Waals surface area contributed by atoms with Crippen molar-refractivity contribution in [2.24, 2.45) is 0 Å². The molecule has 1 aliphatic rings. The lowest BCUT2D eigenvalue weighted by Crippen LogP contribution is -2.49. The molecule has 0 N–H and O–H groups in total. The van der Waals surface area contributed by atoms with Crippen molar-refractivity contribution in [3.8, 4) is 0 Å². The van der Waals surface area contributed by atoms with Gasteiger partial charge >= 0.3 is 0 Å². The summed E-state index contributed by atoms with van der Waals surface area (Å²) in [6.07, 6.45) is 0.888. The zero-order chi connectivity index (χ0) is 16.9. The molecule has 1 heterocycles. The monoisotopic (exact) mass is 346 g/mol. The van der Waals surface area contributed by atoms with E-state index in [1.165, 1.54) is 12.1 Å². The highest BCUT2D eigenvalue weighted by Gasteiger charge is 2.23. The van der Waals surface area contributed by atoms with Gasteiger partial charge in [-0.15, -0.1) is 0 Å². The van der Waals surface area contributed by atoms with E-state index in [2.05, 4.69) is 4.90 Å². The summed E-state index contributed by atoms with van der Waals surface area (Å²) in [5.74, 6) is -0.204. The maximum Gasteiger partial charge on any atom is 0.255 e. The number of halogens is 2. The van der Waals surface area contributed by atoms with E-state index in [0.717, 1.165) is 31.6 Å². The van der Waals surface area contributed by atoms with E-state index in [4.69, 9.17) is 11.6 Å². The van der Waals surface area contributed by atoms with Gasteiger partial charge in [-0.05, 0) is 36.2 Å². The molecule has 1 amide bonds. The second kappa shape index (κ2) is 7.77. The summed E-state index contributed by atoms with van der Waals surface area (Å²) in [5, 5.41) is 0.501. The molecule has 1 aliphatic heterocycles. The van der Waals surface area contributed by atoms with E-state index in [1.807, 2.05) is 29.2 Å². The maximum absolute atomic E-state index is 12.9. The number of piperazine rings is 1. The summed E-state index contributed by atoms with van der Waals surface area (Å²) in [6.45, 7) is 4.01. The van der Waals surface area contributed by atoms with E-state index in [9.17, 15) is 9.18 Å². The van der Waals surface area contributed by atoms with Crippen LogP contribution in [-0.2, 0) is 6.42 Å². The van der Waals surface area contributed by atoms with Crippen LogP contribution in [0.5, 0.6) is 0 Å². The zero-order valence-corrected chi connectivity index (χ0v) is 14.2. The van der Waals surface area contributed by atoms with Crippen LogP contribution >= 0.6 is 11.6 Å². The van der Waals surface area contributed by atoms with Crippen molar-refractivity contribution in [2.75, 3.05) is 32.7 Å². The molecule has 0 bridgehead atoms. The van der Waals surface area contributed by atoms with Crippen LogP contribution < -0.4 is 0 Å². The molecular formula is C19H20ClFN2O. The first kappa shape index (κ1) is 16.9. The SMILES string of the molecule is O=C(c1ccccc1Cl)N1CCN(CCc2ccc(F)cc2)CC1. The highest BCUT2D eigenvalue weighted by molar-refractivity contribution is 6.33. The van der Waals surface area contributed by atoms with Gasteiger partial charge in [0.1, 0.15) is 5.82 Å².